The third-order valence-corrected chi connectivity index (χ3v) is 5.49. The van der Waals surface area contributed by atoms with Crippen LogP contribution in [0.4, 0.5) is 4.79 Å². The number of nitrogens with zero attached hydrogens (tertiary/aromatic N) is 1. The predicted molar refractivity (Wildman–Crippen MR) is 121 cm³/mol. The van der Waals surface area contributed by atoms with E-state index >= 15 is 0 Å². The van der Waals surface area contributed by atoms with E-state index in [9.17, 15) is 4.79 Å². The topological polar surface area (TPSA) is 51.2 Å². The minimum absolute atomic E-state index is 0.0713. The van der Waals surface area contributed by atoms with Crippen molar-refractivity contribution >= 4 is 23.8 Å². The van der Waals surface area contributed by atoms with Gasteiger partial charge in [0.25, 0.3) is 0 Å². The Morgan fingerprint density at radius 2 is 1.80 bits per heavy atom. The standard InChI is InChI=1S/C25H23ClN2O2/c1-17-14-18(26)15-28-24(17)12-6-7-13-27-25(29)30-16-23-21-10-4-2-8-19(21)20-9-3-5-11-22(20)23/h2-6,8-12,14-15,23H,7,13,16H2,1H3,(H,27,29). The molecule has 1 aliphatic rings. The maximum atomic E-state index is 12.2. The number of rotatable bonds is 6. The molecule has 0 saturated carbocycles. The summed E-state index contributed by atoms with van der Waals surface area (Å²) in [6.45, 7) is 2.79. The van der Waals surface area contributed by atoms with Gasteiger partial charge in [-0.2, -0.15) is 0 Å². The lowest BCUT2D eigenvalue weighted by Gasteiger charge is -2.14. The van der Waals surface area contributed by atoms with Crippen LogP contribution in [0.2, 0.25) is 5.02 Å². The van der Waals surface area contributed by atoms with E-state index in [2.05, 4.69) is 34.6 Å². The summed E-state index contributed by atoms with van der Waals surface area (Å²) in [6.07, 6.45) is 5.83. The molecule has 30 heavy (non-hydrogen) atoms. The Kier molecular flexibility index (Phi) is 6.15. The fourth-order valence-electron chi connectivity index (χ4n) is 3.83. The minimum atomic E-state index is -0.397. The maximum Gasteiger partial charge on any atom is 0.407 e. The highest BCUT2D eigenvalue weighted by molar-refractivity contribution is 6.30. The monoisotopic (exact) mass is 418 g/mol. The Balaban J connectivity index is 1.28. The van der Waals surface area contributed by atoms with Crippen molar-refractivity contribution in [2.24, 2.45) is 0 Å². The molecule has 0 unspecified atom stereocenters. The summed E-state index contributed by atoms with van der Waals surface area (Å²) in [5, 5.41) is 3.44. The van der Waals surface area contributed by atoms with Gasteiger partial charge in [0, 0.05) is 18.7 Å². The van der Waals surface area contributed by atoms with Gasteiger partial charge in [-0.1, -0.05) is 66.2 Å². The number of nitrogens with one attached hydrogen (secondary N) is 1. The van der Waals surface area contributed by atoms with E-state index < -0.39 is 6.09 Å². The lowest BCUT2D eigenvalue weighted by molar-refractivity contribution is 0.143. The van der Waals surface area contributed by atoms with E-state index in [-0.39, 0.29) is 5.92 Å². The first-order valence-corrected chi connectivity index (χ1v) is 10.4. The molecule has 0 saturated heterocycles. The van der Waals surface area contributed by atoms with Crippen LogP contribution in [0.3, 0.4) is 0 Å². The van der Waals surface area contributed by atoms with Crippen LogP contribution in [0.25, 0.3) is 17.2 Å². The van der Waals surface area contributed by atoms with Gasteiger partial charge in [-0.3, -0.25) is 4.98 Å². The molecule has 0 atom stereocenters. The fourth-order valence-corrected chi connectivity index (χ4v) is 4.04. The van der Waals surface area contributed by atoms with Gasteiger partial charge in [-0.25, -0.2) is 4.79 Å². The molecule has 0 spiro atoms. The van der Waals surface area contributed by atoms with Gasteiger partial charge in [-0.05, 0) is 53.3 Å². The SMILES string of the molecule is Cc1cc(Cl)cnc1C=CCCNC(=O)OCC1c2ccccc2-c2ccccc21. The van der Waals surface area contributed by atoms with E-state index in [1.165, 1.54) is 22.3 Å². The van der Waals surface area contributed by atoms with Crippen molar-refractivity contribution in [3.63, 3.8) is 0 Å². The number of aromatic nitrogens is 1. The van der Waals surface area contributed by atoms with Crippen LogP contribution in [0, 0.1) is 6.92 Å². The molecule has 4 nitrogen and oxygen atoms in total. The van der Waals surface area contributed by atoms with Crippen molar-refractivity contribution in [1.82, 2.24) is 10.3 Å². The predicted octanol–water partition coefficient (Wildman–Crippen LogP) is 5.99. The van der Waals surface area contributed by atoms with Crippen LogP contribution in [-0.2, 0) is 4.74 Å². The number of pyridine rings is 1. The second-order valence-corrected chi connectivity index (χ2v) is 7.74. The summed E-state index contributed by atoms with van der Waals surface area (Å²) in [7, 11) is 0. The maximum absolute atomic E-state index is 12.2. The molecule has 1 heterocycles. The average molecular weight is 419 g/mol. The quantitative estimate of drug-likeness (QED) is 0.500. The number of fused-ring (bicyclic) bond motifs is 3. The van der Waals surface area contributed by atoms with Gasteiger partial charge in [0.05, 0.1) is 10.7 Å². The second-order valence-electron chi connectivity index (χ2n) is 7.30. The molecule has 0 radical (unpaired) electrons. The van der Waals surface area contributed by atoms with Crippen LogP contribution in [0.15, 0.2) is 66.9 Å². The van der Waals surface area contributed by atoms with E-state index in [4.69, 9.17) is 16.3 Å². The van der Waals surface area contributed by atoms with Gasteiger partial charge < -0.3 is 10.1 Å². The molecule has 152 valence electrons. The summed E-state index contributed by atoms with van der Waals surface area (Å²) in [5.41, 5.74) is 6.75. The van der Waals surface area contributed by atoms with Crippen molar-refractivity contribution in [3.8, 4) is 11.1 Å². The molecule has 0 fully saturated rings. The van der Waals surface area contributed by atoms with Crippen molar-refractivity contribution < 1.29 is 9.53 Å². The number of alkyl carbamates (subject to hydrolysis) is 1. The van der Waals surface area contributed by atoms with Crippen molar-refractivity contribution in [3.05, 3.63) is 94.3 Å². The smallest absolute Gasteiger partial charge is 0.407 e. The first kappa shape index (κ1) is 20.2. The molecular formula is C25H23ClN2O2. The molecule has 1 aromatic heterocycles. The Bertz CT molecular complexity index is 1050. The Hall–Kier alpha value is -3.11. The first-order valence-electron chi connectivity index (χ1n) is 10.0. The normalized spacial score (nSPS) is 12.6. The molecule has 1 N–H and O–H groups in total. The first-order chi connectivity index (χ1) is 14.6. The van der Waals surface area contributed by atoms with Gasteiger partial charge in [0.2, 0.25) is 0 Å². The molecule has 3 aromatic rings. The summed E-state index contributed by atoms with van der Waals surface area (Å²) in [5.74, 6) is 0.0713. The Labute approximate surface area is 181 Å². The number of benzene rings is 2. The minimum Gasteiger partial charge on any atom is -0.449 e. The zero-order valence-corrected chi connectivity index (χ0v) is 17.5. The molecular weight excluding hydrogens is 396 g/mol. The zero-order chi connectivity index (χ0) is 20.9. The van der Waals surface area contributed by atoms with Crippen molar-refractivity contribution in [2.75, 3.05) is 13.2 Å². The number of hydrogen-bond donors (Lipinski definition) is 1. The van der Waals surface area contributed by atoms with Crippen LogP contribution >= 0.6 is 11.6 Å². The lowest BCUT2D eigenvalue weighted by atomic mass is 9.98. The molecule has 0 bridgehead atoms. The molecule has 1 aliphatic carbocycles. The van der Waals surface area contributed by atoms with E-state index in [0.29, 0.717) is 24.6 Å². The second kappa shape index (κ2) is 9.14. The molecule has 4 rings (SSSR count). The lowest BCUT2D eigenvalue weighted by Crippen LogP contribution is -2.26. The summed E-state index contributed by atoms with van der Waals surface area (Å²) in [4.78, 5) is 16.5. The van der Waals surface area contributed by atoms with Gasteiger partial charge in [0.15, 0.2) is 0 Å². The van der Waals surface area contributed by atoms with Crippen molar-refractivity contribution in [1.29, 1.82) is 0 Å². The van der Waals surface area contributed by atoms with Crippen LogP contribution < -0.4 is 5.32 Å². The highest BCUT2D eigenvalue weighted by Crippen LogP contribution is 2.44. The molecule has 0 aliphatic heterocycles. The number of hydrogen-bond acceptors (Lipinski definition) is 3. The number of aryl methyl sites for hydroxylation is 1. The number of carbonyl (C=O) groups excluding carboxylic acids is 1. The molecule has 5 heteroatoms. The fraction of sp³-hybridized carbons (Fsp3) is 0.200. The summed E-state index contributed by atoms with van der Waals surface area (Å²) in [6, 6.07) is 18.5. The van der Waals surface area contributed by atoms with Gasteiger partial charge in [0.1, 0.15) is 6.61 Å². The summed E-state index contributed by atoms with van der Waals surface area (Å²) >= 11 is 5.92. The third kappa shape index (κ3) is 4.39. The number of halogens is 1. The van der Waals surface area contributed by atoms with Crippen LogP contribution in [0.1, 0.15) is 34.7 Å². The summed E-state index contributed by atoms with van der Waals surface area (Å²) < 4.78 is 5.54. The van der Waals surface area contributed by atoms with E-state index in [1.54, 1.807) is 6.20 Å². The number of carbonyl (C=O) groups is 1. The van der Waals surface area contributed by atoms with Crippen LogP contribution in [-0.4, -0.2) is 24.2 Å². The van der Waals surface area contributed by atoms with Gasteiger partial charge in [-0.15, -0.1) is 0 Å². The highest BCUT2D eigenvalue weighted by Gasteiger charge is 2.28. The van der Waals surface area contributed by atoms with Crippen molar-refractivity contribution in [2.45, 2.75) is 19.3 Å². The largest absolute Gasteiger partial charge is 0.449 e. The Morgan fingerprint density at radius 1 is 1.13 bits per heavy atom. The molecule has 1 amide bonds. The highest BCUT2D eigenvalue weighted by atomic mass is 35.5. The third-order valence-electron chi connectivity index (χ3n) is 5.29. The Morgan fingerprint density at radius 3 is 2.47 bits per heavy atom. The van der Waals surface area contributed by atoms with Crippen LogP contribution in [0.5, 0.6) is 0 Å². The number of ether oxygens (including phenoxy) is 1. The number of amides is 1. The van der Waals surface area contributed by atoms with E-state index in [0.717, 1.165) is 11.3 Å². The van der Waals surface area contributed by atoms with E-state index in [1.807, 2.05) is 49.4 Å². The average Bonchev–Trinajstić information content (AvgIpc) is 3.07. The van der Waals surface area contributed by atoms with Gasteiger partial charge >= 0.3 is 6.09 Å². The molecule has 2 aromatic carbocycles. The zero-order valence-electron chi connectivity index (χ0n) is 16.8.